The Morgan fingerprint density at radius 2 is 2.00 bits per heavy atom. The third-order valence-corrected chi connectivity index (χ3v) is 4.52. The molecule has 0 unspecified atom stereocenters. The molecule has 1 aliphatic rings. The lowest BCUT2D eigenvalue weighted by molar-refractivity contribution is 0.262. The molecular weight excluding hydrogens is 238 g/mol. The molecule has 0 fully saturated rings. The highest BCUT2D eigenvalue weighted by Gasteiger charge is 2.24. The molecule has 1 heterocycles. The molecule has 1 atom stereocenters. The zero-order chi connectivity index (χ0) is 12.3. The molecule has 1 aromatic rings. The summed E-state index contributed by atoms with van der Waals surface area (Å²) in [5.41, 5.74) is 0.615. The molecule has 0 amide bonds. The van der Waals surface area contributed by atoms with Crippen molar-refractivity contribution in [1.82, 2.24) is 0 Å². The molecule has 0 bridgehead atoms. The topological polar surface area (TPSA) is 66.7 Å². The Morgan fingerprint density at radius 1 is 1.29 bits per heavy atom. The van der Waals surface area contributed by atoms with Crippen LogP contribution in [0.1, 0.15) is 12.8 Å². The molecule has 0 aliphatic carbocycles. The van der Waals surface area contributed by atoms with Crippen molar-refractivity contribution < 1.29 is 13.5 Å². The van der Waals surface area contributed by atoms with Crippen LogP contribution in [-0.2, 0) is 9.84 Å². The van der Waals surface area contributed by atoms with E-state index in [9.17, 15) is 13.5 Å². The molecule has 4 nitrogen and oxygen atoms in total. The van der Waals surface area contributed by atoms with Crippen LogP contribution < -0.4 is 0 Å². The van der Waals surface area contributed by atoms with E-state index in [1.165, 1.54) is 0 Å². The lowest BCUT2D eigenvalue weighted by atomic mass is 10.2. The molecular formula is C12H15NO3S. The Kier molecular flexibility index (Phi) is 3.59. The minimum absolute atomic E-state index is 0.248. The second-order valence-electron chi connectivity index (χ2n) is 4.09. The predicted octanol–water partition coefficient (Wildman–Crippen LogP) is 1.06. The first-order valence-corrected chi connectivity index (χ1v) is 7.24. The normalized spacial score (nSPS) is 17.8. The summed E-state index contributed by atoms with van der Waals surface area (Å²) in [5, 5.41) is 9.84. The van der Waals surface area contributed by atoms with Gasteiger partial charge in [-0.15, -0.1) is 0 Å². The molecule has 17 heavy (non-hydrogen) atoms. The zero-order valence-electron chi connectivity index (χ0n) is 9.41. The van der Waals surface area contributed by atoms with Crippen molar-refractivity contribution in [2.75, 3.05) is 12.3 Å². The van der Waals surface area contributed by atoms with Crippen LogP contribution >= 0.6 is 0 Å². The van der Waals surface area contributed by atoms with Crippen LogP contribution in [0, 0.1) is 0 Å². The van der Waals surface area contributed by atoms with Gasteiger partial charge in [-0.25, -0.2) is 8.42 Å². The van der Waals surface area contributed by atoms with E-state index in [-0.39, 0.29) is 10.6 Å². The van der Waals surface area contributed by atoms with Gasteiger partial charge in [0.2, 0.25) is 0 Å². The fraction of sp³-hybridized carbons (Fsp3) is 0.417. The highest BCUT2D eigenvalue weighted by atomic mass is 32.2. The number of nitrogens with zero attached hydrogens (tertiary/aromatic N) is 1. The summed E-state index contributed by atoms with van der Waals surface area (Å²) in [5.74, 6) is -0.282. The van der Waals surface area contributed by atoms with Crippen LogP contribution in [0.15, 0.2) is 40.2 Å². The van der Waals surface area contributed by atoms with Crippen LogP contribution in [0.4, 0.5) is 0 Å². The van der Waals surface area contributed by atoms with Gasteiger partial charge in [0.25, 0.3) is 0 Å². The highest BCUT2D eigenvalue weighted by molar-refractivity contribution is 7.91. The summed E-state index contributed by atoms with van der Waals surface area (Å²) in [6, 6.07) is 8.19. The van der Waals surface area contributed by atoms with Gasteiger partial charge in [0, 0.05) is 12.3 Å². The van der Waals surface area contributed by atoms with Crippen LogP contribution in [0.25, 0.3) is 0 Å². The van der Waals surface area contributed by atoms with Gasteiger partial charge in [-0.1, -0.05) is 18.2 Å². The van der Waals surface area contributed by atoms with E-state index < -0.39 is 15.9 Å². The second kappa shape index (κ2) is 4.98. The first-order valence-electron chi connectivity index (χ1n) is 5.59. The standard InChI is InChI=1S/C12H15NO3S/c14-12(11-7-4-8-13-11)9-17(15,16)10-5-2-1-3-6-10/h1-3,5-6,12,14H,4,7-9H2/t12-/m1/s1. The number of aliphatic hydroxyl groups is 1. The van der Waals surface area contributed by atoms with Gasteiger partial charge in [-0.3, -0.25) is 4.99 Å². The van der Waals surface area contributed by atoms with Crippen LogP contribution in [0.3, 0.4) is 0 Å². The van der Waals surface area contributed by atoms with Crippen molar-refractivity contribution >= 4 is 15.5 Å². The summed E-state index contributed by atoms with van der Waals surface area (Å²) >= 11 is 0. The number of benzene rings is 1. The Morgan fingerprint density at radius 3 is 2.59 bits per heavy atom. The van der Waals surface area contributed by atoms with Gasteiger partial charge in [0.1, 0.15) is 6.10 Å². The van der Waals surface area contributed by atoms with Gasteiger partial charge in [-0.05, 0) is 25.0 Å². The molecule has 0 radical (unpaired) electrons. The smallest absolute Gasteiger partial charge is 0.181 e. The molecule has 0 aromatic heterocycles. The van der Waals surface area contributed by atoms with E-state index in [2.05, 4.69) is 4.99 Å². The van der Waals surface area contributed by atoms with Gasteiger partial charge in [0.15, 0.2) is 9.84 Å². The van der Waals surface area contributed by atoms with E-state index in [0.717, 1.165) is 6.42 Å². The number of aliphatic imine (C=N–C) groups is 1. The Hall–Kier alpha value is -1.20. The number of aliphatic hydroxyl groups excluding tert-OH is 1. The molecule has 1 aromatic carbocycles. The summed E-state index contributed by atoms with van der Waals surface area (Å²) in [6.07, 6.45) is 0.631. The van der Waals surface area contributed by atoms with E-state index in [0.29, 0.717) is 18.7 Å². The lowest BCUT2D eigenvalue weighted by Crippen LogP contribution is -2.28. The second-order valence-corrected chi connectivity index (χ2v) is 6.12. The van der Waals surface area contributed by atoms with Crippen molar-refractivity contribution in [3.63, 3.8) is 0 Å². The number of hydrogen-bond acceptors (Lipinski definition) is 4. The minimum Gasteiger partial charge on any atom is -0.386 e. The first-order chi connectivity index (χ1) is 8.09. The fourth-order valence-corrected chi connectivity index (χ4v) is 3.23. The van der Waals surface area contributed by atoms with E-state index in [1.807, 2.05) is 0 Å². The molecule has 2 rings (SSSR count). The van der Waals surface area contributed by atoms with Crippen molar-refractivity contribution in [3.8, 4) is 0 Å². The average molecular weight is 253 g/mol. The molecule has 1 aliphatic heterocycles. The van der Waals surface area contributed by atoms with E-state index in [1.54, 1.807) is 30.3 Å². The Labute approximate surface area is 101 Å². The zero-order valence-corrected chi connectivity index (χ0v) is 10.2. The Balaban J connectivity index is 2.13. The largest absolute Gasteiger partial charge is 0.386 e. The maximum atomic E-state index is 12.0. The van der Waals surface area contributed by atoms with Crippen molar-refractivity contribution in [2.24, 2.45) is 4.99 Å². The molecule has 0 saturated heterocycles. The lowest BCUT2D eigenvalue weighted by Gasteiger charge is -2.11. The van der Waals surface area contributed by atoms with Crippen LogP contribution in [-0.4, -0.2) is 37.6 Å². The summed E-state index contributed by atoms with van der Waals surface area (Å²) in [7, 11) is -3.43. The quantitative estimate of drug-likeness (QED) is 0.872. The summed E-state index contributed by atoms with van der Waals surface area (Å²) in [4.78, 5) is 4.36. The van der Waals surface area contributed by atoms with Crippen molar-refractivity contribution in [3.05, 3.63) is 30.3 Å². The fourth-order valence-electron chi connectivity index (χ4n) is 1.86. The molecule has 92 valence electrons. The maximum Gasteiger partial charge on any atom is 0.181 e. The third kappa shape index (κ3) is 2.92. The number of hydrogen-bond donors (Lipinski definition) is 1. The molecule has 0 spiro atoms. The monoisotopic (exact) mass is 253 g/mol. The van der Waals surface area contributed by atoms with E-state index in [4.69, 9.17) is 0 Å². The number of rotatable bonds is 4. The maximum absolute atomic E-state index is 12.0. The Bertz CT molecular complexity index is 508. The van der Waals surface area contributed by atoms with Gasteiger partial charge in [0.05, 0.1) is 10.6 Å². The summed E-state index contributed by atoms with van der Waals surface area (Å²) < 4.78 is 24.0. The minimum atomic E-state index is -3.43. The van der Waals surface area contributed by atoms with Crippen LogP contribution in [0.5, 0.6) is 0 Å². The third-order valence-electron chi connectivity index (χ3n) is 2.77. The van der Waals surface area contributed by atoms with Crippen LogP contribution in [0.2, 0.25) is 0 Å². The molecule has 1 N–H and O–H groups in total. The van der Waals surface area contributed by atoms with Crippen molar-refractivity contribution in [1.29, 1.82) is 0 Å². The van der Waals surface area contributed by atoms with Crippen molar-refractivity contribution in [2.45, 2.75) is 23.8 Å². The van der Waals surface area contributed by atoms with Gasteiger partial charge >= 0.3 is 0 Å². The number of sulfone groups is 1. The molecule has 0 saturated carbocycles. The first kappa shape index (κ1) is 12.3. The van der Waals surface area contributed by atoms with Gasteiger partial charge < -0.3 is 5.11 Å². The molecule has 5 heteroatoms. The SMILES string of the molecule is O=S(=O)(C[C@@H](O)C1=NCCC1)c1ccccc1. The average Bonchev–Trinajstić information content (AvgIpc) is 2.83. The van der Waals surface area contributed by atoms with Gasteiger partial charge in [-0.2, -0.15) is 0 Å². The predicted molar refractivity (Wildman–Crippen MR) is 66.0 cm³/mol. The summed E-state index contributed by atoms with van der Waals surface area (Å²) in [6.45, 7) is 0.692. The highest BCUT2D eigenvalue weighted by Crippen LogP contribution is 2.14. The van der Waals surface area contributed by atoms with E-state index >= 15 is 0 Å².